The first-order chi connectivity index (χ1) is 18.1. The number of nitriles is 1. The minimum atomic E-state index is -4.88. The van der Waals surface area contributed by atoms with Crippen molar-refractivity contribution < 1.29 is 12.3 Å². The van der Waals surface area contributed by atoms with Gasteiger partial charge in [-0.3, -0.25) is 4.79 Å². The first-order valence-electron chi connectivity index (χ1n) is 12.4. The van der Waals surface area contributed by atoms with E-state index < -0.39 is 15.1 Å². The fraction of sp³-hybridized carbons (Fsp3) is 0.241. The maximum Gasteiger partial charge on any atom is 0.332 e. The van der Waals surface area contributed by atoms with Gasteiger partial charge in [-0.05, 0) is 66.1 Å². The fourth-order valence-electron chi connectivity index (χ4n) is 5.66. The van der Waals surface area contributed by atoms with E-state index in [0.717, 1.165) is 40.6 Å². The highest BCUT2D eigenvalue weighted by Gasteiger charge is 2.30. The van der Waals surface area contributed by atoms with Gasteiger partial charge in [0.2, 0.25) is 0 Å². The third-order valence-corrected chi connectivity index (χ3v) is 8.32. The highest BCUT2D eigenvalue weighted by molar-refractivity contribution is 7.86. The summed E-state index contributed by atoms with van der Waals surface area (Å²) in [6.07, 6.45) is 0. The predicted octanol–water partition coefficient (Wildman–Crippen LogP) is 5.44. The SMILES string of the molecule is CC(C)c1cc2c(=O)c3c4ccc(C#N)cc4[nH]c3n(C3CN(C)C3)c2cc1-c1cccc(S(=O)(=O)F)c1. The minimum absolute atomic E-state index is 0.0135. The molecule has 3 heterocycles. The second kappa shape index (κ2) is 8.51. The van der Waals surface area contributed by atoms with Crippen LogP contribution in [0.15, 0.2) is 64.3 Å². The summed E-state index contributed by atoms with van der Waals surface area (Å²) in [6, 6.07) is 17.2. The van der Waals surface area contributed by atoms with Gasteiger partial charge in [-0.2, -0.15) is 13.7 Å². The van der Waals surface area contributed by atoms with Crippen LogP contribution in [-0.4, -0.2) is 43.0 Å². The smallest absolute Gasteiger partial charge is 0.332 e. The summed E-state index contributed by atoms with van der Waals surface area (Å²) in [6.45, 7) is 5.60. The van der Waals surface area contributed by atoms with Crippen molar-refractivity contribution in [1.29, 1.82) is 5.26 Å². The average Bonchev–Trinajstić information content (AvgIpc) is 3.25. The number of hydrogen-bond donors (Lipinski definition) is 1. The Balaban J connectivity index is 1.75. The molecule has 1 aliphatic rings. The molecule has 0 atom stereocenters. The molecule has 0 amide bonds. The number of rotatable bonds is 4. The molecule has 1 N–H and O–H groups in total. The van der Waals surface area contributed by atoms with Crippen molar-refractivity contribution in [3.05, 3.63) is 75.9 Å². The summed E-state index contributed by atoms with van der Waals surface area (Å²) in [4.78, 5) is 19.2. The number of aromatic amines is 1. The number of pyridine rings is 1. The maximum atomic E-state index is 14.0. The molecule has 2 aromatic heterocycles. The molecule has 9 heteroatoms. The van der Waals surface area contributed by atoms with Gasteiger partial charge in [0.15, 0.2) is 5.43 Å². The summed E-state index contributed by atoms with van der Waals surface area (Å²) in [5.41, 5.74) is 4.71. The standard InChI is InChI=1S/C29H25FN4O3S/c1-16(2)22-11-24-26(12-23(22)18-5-4-6-20(10-18)38(30,36)37)34(19-14-33(3)15-19)29-27(28(24)35)21-8-7-17(13-31)9-25(21)32-29/h4-12,16,19,32H,14-15H2,1-3H3. The summed E-state index contributed by atoms with van der Waals surface area (Å²) < 4.78 is 39.3. The lowest BCUT2D eigenvalue weighted by Crippen LogP contribution is -2.45. The van der Waals surface area contributed by atoms with E-state index in [9.17, 15) is 22.4 Å². The highest BCUT2D eigenvalue weighted by Crippen LogP contribution is 2.38. The molecule has 1 saturated heterocycles. The van der Waals surface area contributed by atoms with Gasteiger partial charge in [-0.1, -0.05) is 32.0 Å². The van der Waals surface area contributed by atoms with Crippen LogP contribution in [0.5, 0.6) is 0 Å². The molecule has 38 heavy (non-hydrogen) atoms. The van der Waals surface area contributed by atoms with Crippen LogP contribution < -0.4 is 5.43 Å². The molecule has 0 radical (unpaired) electrons. The van der Waals surface area contributed by atoms with Crippen molar-refractivity contribution in [2.45, 2.75) is 30.7 Å². The molecular formula is C29H25FN4O3S. The van der Waals surface area contributed by atoms with Crippen LogP contribution in [0.4, 0.5) is 3.89 Å². The Morgan fingerprint density at radius 1 is 1.08 bits per heavy atom. The third-order valence-electron chi connectivity index (χ3n) is 7.51. The number of likely N-dealkylation sites (N-methyl/N-ethyl adjacent to an activating group) is 1. The number of nitrogens with zero attached hydrogens (tertiary/aromatic N) is 3. The Morgan fingerprint density at radius 3 is 2.50 bits per heavy atom. The van der Waals surface area contributed by atoms with Gasteiger partial charge in [0.05, 0.1) is 33.5 Å². The third kappa shape index (κ3) is 3.71. The zero-order chi connectivity index (χ0) is 26.9. The van der Waals surface area contributed by atoms with E-state index in [2.05, 4.69) is 20.5 Å². The monoisotopic (exact) mass is 528 g/mol. The Labute approximate surface area is 218 Å². The van der Waals surface area contributed by atoms with Crippen molar-refractivity contribution in [2.75, 3.05) is 20.1 Å². The van der Waals surface area contributed by atoms with Gasteiger partial charge in [0.25, 0.3) is 0 Å². The molecule has 0 aliphatic carbocycles. The maximum absolute atomic E-state index is 14.0. The van der Waals surface area contributed by atoms with E-state index in [-0.39, 0.29) is 17.4 Å². The first kappa shape index (κ1) is 24.3. The van der Waals surface area contributed by atoms with Gasteiger partial charge in [0, 0.05) is 29.4 Å². The van der Waals surface area contributed by atoms with Crippen LogP contribution >= 0.6 is 0 Å². The van der Waals surface area contributed by atoms with Crippen molar-refractivity contribution in [3.63, 3.8) is 0 Å². The quantitative estimate of drug-likeness (QED) is 0.313. The van der Waals surface area contributed by atoms with Crippen molar-refractivity contribution in [2.24, 2.45) is 0 Å². The number of hydrogen-bond acceptors (Lipinski definition) is 5. The summed E-state index contributed by atoms with van der Waals surface area (Å²) >= 11 is 0. The molecule has 0 unspecified atom stereocenters. The first-order valence-corrected chi connectivity index (χ1v) is 13.8. The molecule has 192 valence electrons. The lowest BCUT2D eigenvalue weighted by atomic mass is 9.90. The van der Waals surface area contributed by atoms with Gasteiger partial charge >= 0.3 is 10.2 Å². The predicted molar refractivity (Wildman–Crippen MR) is 147 cm³/mol. The van der Waals surface area contributed by atoms with Gasteiger partial charge in [0.1, 0.15) is 5.65 Å². The number of aromatic nitrogens is 2. The number of fused-ring (bicyclic) bond motifs is 4. The number of halogens is 1. The van der Waals surface area contributed by atoms with Gasteiger partial charge in [-0.15, -0.1) is 3.89 Å². The Morgan fingerprint density at radius 2 is 1.84 bits per heavy atom. The van der Waals surface area contributed by atoms with Crippen LogP contribution in [0.3, 0.4) is 0 Å². The van der Waals surface area contributed by atoms with Crippen LogP contribution in [0, 0.1) is 11.3 Å². The minimum Gasteiger partial charge on any atom is -0.340 e. The van der Waals surface area contributed by atoms with Crippen LogP contribution in [-0.2, 0) is 10.2 Å². The molecule has 0 bridgehead atoms. The van der Waals surface area contributed by atoms with E-state index in [1.807, 2.05) is 39.1 Å². The van der Waals surface area contributed by atoms with E-state index in [1.165, 1.54) is 18.2 Å². The van der Waals surface area contributed by atoms with Gasteiger partial charge in [-0.25, -0.2) is 0 Å². The zero-order valence-electron chi connectivity index (χ0n) is 21.1. The summed E-state index contributed by atoms with van der Waals surface area (Å²) in [7, 11) is -2.84. The molecule has 6 rings (SSSR count). The zero-order valence-corrected chi connectivity index (χ0v) is 21.9. The number of benzene rings is 3. The van der Waals surface area contributed by atoms with Crippen molar-refractivity contribution in [1.82, 2.24) is 14.5 Å². The molecular weight excluding hydrogens is 503 g/mol. The van der Waals surface area contributed by atoms with Crippen molar-refractivity contribution >= 4 is 43.1 Å². The van der Waals surface area contributed by atoms with Crippen LogP contribution in [0.1, 0.15) is 36.9 Å². The Kier molecular flexibility index (Phi) is 5.45. The second-order valence-corrected chi connectivity index (χ2v) is 11.7. The summed E-state index contributed by atoms with van der Waals surface area (Å²) in [5.74, 6) is 0.0135. The molecule has 3 aromatic carbocycles. The largest absolute Gasteiger partial charge is 0.340 e. The number of H-pyrrole nitrogens is 1. The lowest BCUT2D eigenvalue weighted by molar-refractivity contribution is 0.146. The van der Waals surface area contributed by atoms with E-state index in [1.54, 1.807) is 18.2 Å². The van der Waals surface area contributed by atoms with E-state index >= 15 is 0 Å². The van der Waals surface area contributed by atoms with Crippen LogP contribution in [0.2, 0.25) is 0 Å². The molecule has 7 nitrogen and oxygen atoms in total. The average molecular weight is 529 g/mol. The number of likely N-dealkylation sites (tertiary alicyclic amines) is 1. The number of nitrogens with one attached hydrogen (secondary N) is 1. The van der Waals surface area contributed by atoms with E-state index in [4.69, 9.17) is 0 Å². The molecule has 5 aromatic rings. The Bertz CT molecular complexity index is 1990. The fourth-order valence-corrected chi connectivity index (χ4v) is 6.17. The van der Waals surface area contributed by atoms with Crippen molar-refractivity contribution in [3.8, 4) is 17.2 Å². The Hall–Kier alpha value is -4.00. The van der Waals surface area contributed by atoms with E-state index in [0.29, 0.717) is 27.5 Å². The molecule has 1 aliphatic heterocycles. The topological polar surface area (TPSA) is 99.0 Å². The molecule has 1 fully saturated rings. The normalized spacial score (nSPS) is 14.9. The molecule has 0 saturated carbocycles. The van der Waals surface area contributed by atoms with Gasteiger partial charge < -0.3 is 14.5 Å². The van der Waals surface area contributed by atoms with Crippen LogP contribution in [0.25, 0.3) is 44.0 Å². The highest BCUT2D eigenvalue weighted by atomic mass is 32.3. The lowest BCUT2D eigenvalue weighted by Gasteiger charge is -2.39. The summed E-state index contributed by atoms with van der Waals surface area (Å²) in [5, 5.41) is 11.3. The second-order valence-electron chi connectivity index (χ2n) is 10.4. The molecule has 0 spiro atoms.